The zero-order chi connectivity index (χ0) is 39.2. The van der Waals surface area contributed by atoms with Crippen molar-refractivity contribution in [1.29, 1.82) is 0 Å². The first-order valence-electron chi connectivity index (χ1n) is 16.3. The van der Waals surface area contributed by atoms with Gasteiger partial charge >= 0.3 is 25.1 Å². The third-order valence-electron chi connectivity index (χ3n) is 9.45. The summed E-state index contributed by atoms with van der Waals surface area (Å²) in [6, 6.07) is 2.39. The number of amides is 6. The molecule has 2 atom stereocenters. The number of carboxylic acid groups (broad SMARTS) is 1. The maximum absolute atomic E-state index is 14.7. The number of phenols is 3. The highest BCUT2D eigenvalue weighted by Crippen LogP contribution is 2.41. The van der Waals surface area contributed by atoms with Gasteiger partial charge in [-0.1, -0.05) is 29.3 Å². The Labute approximate surface area is 314 Å². The van der Waals surface area contributed by atoms with E-state index in [4.69, 9.17) is 27.9 Å². The molecule has 0 aliphatic carbocycles. The highest BCUT2D eigenvalue weighted by atomic mass is 35.5. The van der Waals surface area contributed by atoms with Gasteiger partial charge in [-0.2, -0.15) is 0 Å². The maximum Gasteiger partial charge on any atom is 0.547 e. The Balaban J connectivity index is 1.17. The summed E-state index contributed by atoms with van der Waals surface area (Å²) >= 11 is 12.3. The number of carboxylic acids is 1. The summed E-state index contributed by atoms with van der Waals surface area (Å²) in [7, 11) is -1.94. The Morgan fingerprint density at radius 2 is 1.65 bits per heavy atom. The number of aromatic hydroxyl groups is 3. The minimum Gasteiger partial charge on any atom is -0.534 e. The zero-order valence-corrected chi connectivity index (χ0v) is 29.3. The molecule has 54 heavy (non-hydrogen) atoms. The second-order valence-electron chi connectivity index (χ2n) is 12.7. The Morgan fingerprint density at radius 1 is 0.944 bits per heavy atom. The minimum atomic E-state index is -1.97. The summed E-state index contributed by atoms with van der Waals surface area (Å²) in [5.74, 6) is -10.1. The van der Waals surface area contributed by atoms with Gasteiger partial charge in [0.25, 0.3) is 5.91 Å². The third kappa shape index (κ3) is 7.21. The lowest BCUT2D eigenvalue weighted by Gasteiger charge is -2.36. The molecule has 0 bridgehead atoms. The first-order chi connectivity index (χ1) is 25.6. The van der Waals surface area contributed by atoms with E-state index in [0.717, 1.165) is 11.0 Å². The van der Waals surface area contributed by atoms with Crippen molar-refractivity contribution in [2.75, 3.05) is 26.2 Å². The normalized spacial score (nSPS) is 17.9. The lowest BCUT2D eigenvalue weighted by molar-refractivity contribution is -0.123. The van der Waals surface area contributed by atoms with Gasteiger partial charge < -0.3 is 50.5 Å². The molecule has 2 fully saturated rings. The van der Waals surface area contributed by atoms with Gasteiger partial charge in [0.1, 0.15) is 28.9 Å². The number of benzene rings is 3. The minimum absolute atomic E-state index is 0.0828. The van der Waals surface area contributed by atoms with Crippen molar-refractivity contribution in [1.82, 2.24) is 25.3 Å². The Hall–Kier alpha value is -5.53. The molecule has 6 amide bonds. The average molecular weight is 792 g/mol. The van der Waals surface area contributed by atoms with Crippen LogP contribution in [-0.2, 0) is 11.2 Å². The van der Waals surface area contributed by atoms with Crippen LogP contribution in [0.2, 0.25) is 10.0 Å². The number of nitrogens with one attached hydrogen (secondary N) is 2. The number of piperidine rings is 1. The van der Waals surface area contributed by atoms with Gasteiger partial charge in [0.15, 0.2) is 17.3 Å². The number of carbonyl (C=O) groups excluding carboxylic acids is 4. The first kappa shape index (κ1) is 38.2. The zero-order valence-electron chi connectivity index (χ0n) is 27.8. The smallest absolute Gasteiger partial charge is 0.534 e. The molecule has 3 heterocycles. The lowest BCUT2D eigenvalue weighted by atomic mass is 9.72. The molecule has 1 unspecified atom stereocenters. The van der Waals surface area contributed by atoms with Gasteiger partial charge in [0.2, 0.25) is 5.91 Å². The van der Waals surface area contributed by atoms with Gasteiger partial charge in [-0.05, 0) is 55.2 Å². The molecule has 0 radical (unpaired) electrons. The van der Waals surface area contributed by atoms with Gasteiger partial charge in [-0.25, -0.2) is 28.1 Å². The fourth-order valence-corrected chi connectivity index (χ4v) is 7.10. The van der Waals surface area contributed by atoms with Crippen molar-refractivity contribution in [2.24, 2.45) is 0 Å². The molecule has 16 nitrogen and oxygen atoms in total. The molecule has 7 N–H and O–H groups in total. The largest absolute Gasteiger partial charge is 0.547 e. The Bertz CT molecular complexity index is 2070. The van der Waals surface area contributed by atoms with Crippen LogP contribution < -0.4 is 15.3 Å². The van der Waals surface area contributed by atoms with Crippen LogP contribution >= 0.6 is 23.2 Å². The fraction of sp³-hybridized carbons (Fsp3) is 0.303. The number of phenolic OH excluding ortho intramolecular Hbond substituents is 3. The molecule has 3 aliphatic heterocycles. The average Bonchev–Trinajstić information content (AvgIpc) is 3.53. The van der Waals surface area contributed by atoms with E-state index in [1.807, 2.05) is 0 Å². The number of nitrogens with zero attached hydrogens (tertiary/aromatic N) is 3. The summed E-state index contributed by atoms with van der Waals surface area (Å²) in [6.45, 7) is 0.402. The molecule has 3 aromatic rings. The van der Waals surface area contributed by atoms with Crippen LogP contribution in [0.5, 0.6) is 23.0 Å². The van der Waals surface area contributed by atoms with Crippen LogP contribution in [0.15, 0.2) is 36.4 Å². The summed E-state index contributed by atoms with van der Waals surface area (Å²) in [5, 5.41) is 54.1. The van der Waals surface area contributed by atoms with Crippen molar-refractivity contribution in [2.45, 2.75) is 37.3 Å². The molecule has 6 rings (SSSR count). The van der Waals surface area contributed by atoms with Crippen molar-refractivity contribution in [3.8, 4) is 23.0 Å². The maximum atomic E-state index is 14.7. The van der Waals surface area contributed by atoms with Crippen LogP contribution in [-0.4, -0.2) is 115 Å². The second-order valence-corrected chi connectivity index (χ2v) is 13.5. The van der Waals surface area contributed by atoms with E-state index in [9.17, 15) is 58.2 Å². The second kappa shape index (κ2) is 15.1. The molecule has 3 aromatic carbocycles. The Morgan fingerprint density at radius 3 is 2.33 bits per heavy atom. The van der Waals surface area contributed by atoms with E-state index in [2.05, 4.69) is 10.6 Å². The summed E-state index contributed by atoms with van der Waals surface area (Å²) in [5.41, 5.74) is -1.18. The molecule has 3 aliphatic rings. The number of imide groups is 1. The first-order valence-corrected chi connectivity index (χ1v) is 17.1. The fourth-order valence-electron chi connectivity index (χ4n) is 6.65. The standard InChI is InChI=1S/C33H30BCl2F2N5O11/c35-19-3-2-16(44)12-17(19)30(48)41-7-5-15(6-8-41)42-9-10-43(33(42)52)32(51)40-25(18-13-21(38)26(45)27(46)24(18)36)29(47)39-22-11-14-1-4-20(37)23(31(49)50)28(14)54-34(22)53/h1-4,12-13,15,22,25,44-46,53H,5-11H2,(H,39,47)(H,40,51)(H,49,50)/t22-,25?/m0/s1. The SMILES string of the molecule is O=C(O)c1c(F)ccc2c1OB(O)[C@@H](NC(=O)C(NC(=O)N1CCN(C3CCN(C(=O)c4cc(O)ccc4Cl)CC3)C1=O)c1cc(F)c(O)c(O)c1Cl)C2. The monoisotopic (exact) mass is 791 g/mol. The van der Waals surface area contributed by atoms with Gasteiger partial charge in [0.05, 0.1) is 21.5 Å². The number of hydrogen-bond acceptors (Lipinski definition) is 10. The van der Waals surface area contributed by atoms with Crippen LogP contribution in [0.1, 0.15) is 50.7 Å². The van der Waals surface area contributed by atoms with Gasteiger partial charge in [-0.3, -0.25) is 9.59 Å². The number of aromatic carboxylic acids is 1. The van der Waals surface area contributed by atoms with E-state index in [0.29, 0.717) is 18.9 Å². The van der Waals surface area contributed by atoms with E-state index in [-0.39, 0.29) is 60.5 Å². The summed E-state index contributed by atoms with van der Waals surface area (Å²) in [6.07, 6.45) is 0.383. The number of carbonyl (C=O) groups is 5. The number of fused-ring (bicyclic) bond motifs is 1. The van der Waals surface area contributed by atoms with Gasteiger partial charge in [0, 0.05) is 37.8 Å². The van der Waals surface area contributed by atoms with Crippen LogP contribution in [0, 0.1) is 11.6 Å². The topological polar surface area (TPSA) is 230 Å². The van der Waals surface area contributed by atoms with Crippen LogP contribution in [0.4, 0.5) is 18.4 Å². The van der Waals surface area contributed by atoms with Crippen LogP contribution in [0.3, 0.4) is 0 Å². The van der Waals surface area contributed by atoms with Crippen molar-refractivity contribution < 1.29 is 62.9 Å². The molecule has 0 spiro atoms. The van der Waals surface area contributed by atoms with E-state index in [1.165, 1.54) is 34.1 Å². The summed E-state index contributed by atoms with van der Waals surface area (Å²) < 4.78 is 34.2. The molecule has 2 saturated heterocycles. The third-order valence-corrected chi connectivity index (χ3v) is 10.2. The lowest BCUT2D eigenvalue weighted by Crippen LogP contribution is -2.56. The number of rotatable bonds is 7. The quantitative estimate of drug-likeness (QED) is 0.136. The highest BCUT2D eigenvalue weighted by Gasteiger charge is 2.43. The number of halogens is 4. The Kier molecular flexibility index (Phi) is 10.7. The predicted octanol–water partition coefficient (Wildman–Crippen LogP) is 3.02. The molecular formula is C33H30BCl2F2N5O11. The molecule has 0 aromatic heterocycles. The molecule has 21 heteroatoms. The molecule has 284 valence electrons. The number of likely N-dealkylation sites (tertiary alicyclic amines) is 1. The van der Waals surface area contributed by atoms with Crippen molar-refractivity contribution in [3.63, 3.8) is 0 Å². The van der Waals surface area contributed by atoms with Crippen LogP contribution in [0.25, 0.3) is 0 Å². The highest BCUT2D eigenvalue weighted by molar-refractivity contribution is 6.47. The van der Waals surface area contributed by atoms with Crippen molar-refractivity contribution >= 4 is 60.2 Å². The van der Waals surface area contributed by atoms with E-state index in [1.54, 1.807) is 0 Å². The van der Waals surface area contributed by atoms with E-state index < -0.39 is 94.0 Å². The van der Waals surface area contributed by atoms with E-state index >= 15 is 0 Å². The number of hydrogen-bond donors (Lipinski definition) is 7. The molecular weight excluding hydrogens is 762 g/mol. The van der Waals surface area contributed by atoms with Crippen molar-refractivity contribution in [3.05, 3.63) is 80.3 Å². The number of urea groups is 2. The summed E-state index contributed by atoms with van der Waals surface area (Å²) in [4.78, 5) is 69.4. The van der Waals surface area contributed by atoms with Gasteiger partial charge in [-0.15, -0.1) is 0 Å². The molecule has 0 saturated carbocycles. The predicted molar refractivity (Wildman–Crippen MR) is 184 cm³/mol.